The van der Waals surface area contributed by atoms with E-state index in [2.05, 4.69) is 5.32 Å². The highest BCUT2D eigenvalue weighted by Crippen LogP contribution is 2.26. The molecular formula is C9H15F2NO2. The van der Waals surface area contributed by atoms with E-state index in [0.717, 1.165) is 0 Å². The maximum absolute atomic E-state index is 12.7. The molecule has 1 rings (SSSR count). The zero-order chi connectivity index (χ0) is 11.0. The zero-order valence-electron chi connectivity index (χ0n) is 8.56. The molecule has 1 atom stereocenters. The van der Waals surface area contributed by atoms with Crippen LogP contribution in [0.15, 0.2) is 0 Å². The molecule has 0 aromatic carbocycles. The monoisotopic (exact) mass is 207 g/mol. The number of esters is 1. The van der Waals surface area contributed by atoms with Gasteiger partial charge in [-0.1, -0.05) is 0 Å². The van der Waals surface area contributed by atoms with Gasteiger partial charge in [0.05, 0.1) is 6.54 Å². The maximum Gasteiger partial charge on any atom is 0.323 e. The van der Waals surface area contributed by atoms with Crippen molar-refractivity contribution in [1.29, 1.82) is 0 Å². The van der Waals surface area contributed by atoms with Gasteiger partial charge in [0.2, 0.25) is 0 Å². The summed E-state index contributed by atoms with van der Waals surface area (Å²) in [5.74, 6) is -3.39. The van der Waals surface area contributed by atoms with E-state index in [-0.39, 0.29) is 0 Å². The van der Waals surface area contributed by atoms with Crippen LogP contribution in [0.25, 0.3) is 0 Å². The lowest BCUT2D eigenvalue weighted by atomic mass is 10.1. The molecule has 0 aliphatic carbocycles. The van der Waals surface area contributed by atoms with Crippen molar-refractivity contribution >= 4 is 5.97 Å². The second-order valence-electron chi connectivity index (χ2n) is 4.53. The Hall–Kier alpha value is -0.710. The first-order valence-electron chi connectivity index (χ1n) is 4.54. The van der Waals surface area contributed by atoms with E-state index in [4.69, 9.17) is 4.74 Å². The number of carbonyl (C=O) groups is 1. The second-order valence-corrected chi connectivity index (χ2v) is 4.53. The summed E-state index contributed by atoms with van der Waals surface area (Å²) in [5.41, 5.74) is -0.628. The molecule has 1 aliphatic rings. The van der Waals surface area contributed by atoms with Crippen molar-refractivity contribution in [2.75, 3.05) is 6.54 Å². The van der Waals surface area contributed by atoms with E-state index in [9.17, 15) is 13.6 Å². The quantitative estimate of drug-likeness (QED) is 0.659. The Balaban J connectivity index is 2.48. The molecule has 0 aromatic heterocycles. The molecule has 0 bridgehead atoms. The van der Waals surface area contributed by atoms with Crippen molar-refractivity contribution in [2.45, 2.75) is 44.8 Å². The highest BCUT2D eigenvalue weighted by atomic mass is 19.3. The number of hydrogen-bond acceptors (Lipinski definition) is 3. The number of rotatable bonds is 1. The standard InChI is InChI=1S/C9H15F2NO2/c1-8(2,3)14-7(13)6-4-9(10,11)5-12-6/h6,12H,4-5H2,1-3H3/t6-/m0/s1. The number of ether oxygens (including phenoxy) is 1. The predicted octanol–water partition coefficient (Wildman–Crippen LogP) is 1.33. The summed E-state index contributed by atoms with van der Waals surface area (Å²) < 4.78 is 30.4. The van der Waals surface area contributed by atoms with Gasteiger partial charge in [-0.15, -0.1) is 0 Å². The van der Waals surface area contributed by atoms with E-state index < -0.39 is 36.5 Å². The molecule has 5 heteroatoms. The van der Waals surface area contributed by atoms with Gasteiger partial charge in [0, 0.05) is 6.42 Å². The minimum atomic E-state index is -2.79. The Kier molecular flexibility index (Phi) is 2.81. The number of alkyl halides is 2. The minimum absolute atomic E-state index is 0.448. The Bertz CT molecular complexity index is 235. The molecule has 0 aromatic rings. The minimum Gasteiger partial charge on any atom is -0.459 e. The molecule has 14 heavy (non-hydrogen) atoms. The molecular weight excluding hydrogens is 192 g/mol. The fraction of sp³-hybridized carbons (Fsp3) is 0.889. The Morgan fingerprint density at radius 3 is 2.43 bits per heavy atom. The van der Waals surface area contributed by atoms with Crippen LogP contribution in [-0.2, 0) is 9.53 Å². The van der Waals surface area contributed by atoms with E-state index in [1.165, 1.54) is 0 Å². The molecule has 3 nitrogen and oxygen atoms in total. The van der Waals surface area contributed by atoms with Crippen LogP contribution in [0.5, 0.6) is 0 Å². The first-order valence-corrected chi connectivity index (χ1v) is 4.54. The van der Waals surface area contributed by atoms with Crippen LogP contribution in [0, 0.1) is 0 Å². The molecule has 1 aliphatic heterocycles. The van der Waals surface area contributed by atoms with Crippen molar-refractivity contribution in [3.05, 3.63) is 0 Å². The molecule has 0 unspecified atom stereocenters. The highest BCUT2D eigenvalue weighted by Gasteiger charge is 2.43. The van der Waals surface area contributed by atoms with Gasteiger partial charge in [-0.2, -0.15) is 0 Å². The van der Waals surface area contributed by atoms with Crippen LogP contribution in [0.3, 0.4) is 0 Å². The van der Waals surface area contributed by atoms with E-state index in [0.29, 0.717) is 0 Å². The van der Waals surface area contributed by atoms with Gasteiger partial charge in [0.1, 0.15) is 11.6 Å². The summed E-state index contributed by atoms with van der Waals surface area (Å²) in [6.07, 6.45) is -0.470. The lowest BCUT2D eigenvalue weighted by molar-refractivity contribution is -0.157. The first kappa shape index (κ1) is 11.4. The smallest absolute Gasteiger partial charge is 0.323 e. The largest absolute Gasteiger partial charge is 0.459 e. The van der Waals surface area contributed by atoms with Gasteiger partial charge >= 0.3 is 5.97 Å². The van der Waals surface area contributed by atoms with Crippen molar-refractivity contribution in [3.63, 3.8) is 0 Å². The molecule has 0 saturated carbocycles. The van der Waals surface area contributed by atoms with Crippen molar-refractivity contribution < 1.29 is 18.3 Å². The van der Waals surface area contributed by atoms with Crippen LogP contribution in [0.4, 0.5) is 8.78 Å². The summed E-state index contributed by atoms with van der Waals surface area (Å²) in [5, 5.41) is 2.44. The zero-order valence-corrected chi connectivity index (χ0v) is 8.56. The maximum atomic E-state index is 12.7. The molecule has 0 radical (unpaired) electrons. The third-order valence-electron chi connectivity index (χ3n) is 1.80. The normalized spacial score (nSPS) is 26.2. The van der Waals surface area contributed by atoms with Crippen molar-refractivity contribution in [3.8, 4) is 0 Å². The molecule has 0 spiro atoms. The highest BCUT2D eigenvalue weighted by molar-refractivity contribution is 5.76. The molecule has 82 valence electrons. The van der Waals surface area contributed by atoms with Crippen LogP contribution in [-0.4, -0.2) is 30.1 Å². The van der Waals surface area contributed by atoms with E-state index >= 15 is 0 Å². The molecule has 0 amide bonds. The first-order chi connectivity index (χ1) is 6.20. The fourth-order valence-corrected chi connectivity index (χ4v) is 1.26. The van der Waals surface area contributed by atoms with Gasteiger partial charge in [-0.25, -0.2) is 8.78 Å². The Morgan fingerprint density at radius 2 is 2.07 bits per heavy atom. The van der Waals surface area contributed by atoms with Crippen molar-refractivity contribution in [1.82, 2.24) is 5.32 Å². The average molecular weight is 207 g/mol. The van der Waals surface area contributed by atoms with Gasteiger partial charge in [-0.3, -0.25) is 10.1 Å². The topological polar surface area (TPSA) is 38.3 Å². The molecule has 1 saturated heterocycles. The summed E-state index contributed by atoms with van der Waals surface area (Å²) in [4.78, 5) is 11.3. The Labute approximate surface area is 81.8 Å². The predicted molar refractivity (Wildman–Crippen MR) is 47.2 cm³/mol. The van der Waals surface area contributed by atoms with E-state index in [1.54, 1.807) is 20.8 Å². The average Bonchev–Trinajstić information content (AvgIpc) is 2.26. The summed E-state index contributed by atoms with van der Waals surface area (Å²) in [6, 6.07) is -0.871. The molecule has 1 N–H and O–H groups in total. The van der Waals surface area contributed by atoms with Crippen LogP contribution >= 0.6 is 0 Å². The van der Waals surface area contributed by atoms with Gasteiger partial charge < -0.3 is 4.74 Å². The van der Waals surface area contributed by atoms with Gasteiger partial charge in [0.25, 0.3) is 5.92 Å². The lowest BCUT2D eigenvalue weighted by Crippen LogP contribution is -2.37. The molecule has 1 heterocycles. The third-order valence-corrected chi connectivity index (χ3v) is 1.80. The van der Waals surface area contributed by atoms with Crippen LogP contribution in [0.2, 0.25) is 0 Å². The Morgan fingerprint density at radius 1 is 1.50 bits per heavy atom. The second kappa shape index (κ2) is 3.46. The summed E-state index contributed by atoms with van der Waals surface area (Å²) >= 11 is 0. The number of carbonyl (C=O) groups excluding carboxylic acids is 1. The van der Waals surface area contributed by atoms with Crippen molar-refractivity contribution in [2.24, 2.45) is 0 Å². The third kappa shape index (κ3) is 3.21. The number of hydrogen-bond donors (Lipinski definition) is 1. The summed E-state index contributed by atoms with van der Waals surface area (Å²) in [7, 11) is 0. The number of nitrogens with one attached hydrogen (secondary N) is 1. The van der Waals surface area contributed by atoms with Gasteiger partial charge in [0.15, 0.2) is 0 Å². The fourth-order valence-electron chi connectivity index (χ4n) is 1.26. The van der Waals surface area contributed by atoms with Gasteiger partial charge in [-0.05, 0) is 20.8 Å². The SMILES string of the molecule is CC(C)(C)OC(=O)[C@@H]1CC(F)(F)CN1. The summed E-state index contributed by atoms with van der Waals surface area (Å²) in [6.45, 7) is 4.67. The number of halogens is 2. The van der Waals surface area contributed by atoms with E-state index in [1.807, 2.05) is 0 Å². The van der Waals surface area contributed by atoms with Crippen LogP contribution < -0.4 is 5.32 Å². The molecule has 1 fully saturated rings. The van der Waals surface area contributed by atoms with Crippen LogP contribution in [0.1, 0.15) is 27.2 Å². The lowest BCUT2D eigenvalue weighted by Gasteiger charge is -2.21.